The van der Waals surface area contributed by atoms with Crippen LogP contribution >= 0.6 is 0 Å². The number of benzene rings is 4. The Morgan fingerprint density at radius 1 is 0.418 bits per heavy atom. The molecule has 4 aromatic rings. The molecule has 4 rings (SSSR count). The van der Waals surface area contributed by atoms with Crippen LogP contribution in [-0.2, 0) is 38.1 Å². The highest BCUT2D eigenvalue weighted by Gasteiger charge is 2.20. The summed E-state index contributed by atoms with van der Waals surface area (Å²) in [4.78, 5) is 44.8. The third-order valence-corrected chi connectivity index (χ3v) is 10.7. The summed E-state index contributed by atoms with van der Waals surface area (Å²) in [7, 11) is 8.22. The number of hydrogen-bond donors (Lipinski definition) is 2. The largest absolute Gasteiger partial charge is 0.505 e. The lowest BCUT2D eigenvalue weighted by Gasteiger charge is -2.15. The molecule has 0 aliphatic rings. The molecule has 4 aromatic carbocycles. The molecular formula is C51H68F4O12. The summed E-state index contributed by atoms with van der Waals surface area (Å²) in [6, 6.07) is 17.6. The maximum atomic E-state index is 13.2. The van der Waals surface area contributed by atoms with E-state index in [0.29, 0.717) is 12.8 Å². The lowest BCUT2D eigenvalue weighted by molar-refractivity contribution is -0.142. The number of phenolic OH excluding ortho intramolecular Hbond substituents is 2. The molecule has 12 nitrogen and oxygen atoms in total. The summed E-state index contributed by atoms with van der Waals surface area (Å²) in [5, 5.41) is 18.5. The van der Waals surface area contributed by atoms with Crippen molar-refractivity contribution < 1.29 is 75.4 Å². The van der Waals surface area contributed by atoms with Crippen molar-refractivity contribution in [2.24, 2.45) is 0 Å². The zero-order valence-electron chi connectivity index (χ0n) is 39.4. The number of esters is 4. The van der Waals surface area contributed by atoms with Gasteiger partial charge in [0.2, 0.25) is 0 Å². The predicted octanol–water partition coefficient (Wildman–Crippen LogP) is 11.6. The van der Waals surface area contributed by atoms with Gasteiger partial charge in [0.25, 0.3) is 0 Å². The maximum absolute atomic E-state index is 13.2. The zero-order chi connectivity index (χ0) is 49.9. The Morgan fingerprint density at radius 2 is 0.642 bits per heavy atom. The molecule has 0 heterocycles. The average Bonchev–Trinajstić information content (AvgIpc) is 3.33. The number of carbonyl (C=O) groups excluding carboxylic acids is 4. The van der Waals surface area contributed by atoms with E-state index in [2.05, 4.69) is 18.9 Å². The number of aromatic hydroxyl groups is 2. The van der Waals surface area contributed by atoms with Crippen LogP contribution in [0.15, 0.2) is 72.8 Å². The smallest absolute Gasteiger partial charge is 0.306 e. The normalized spacial score (nSPS) is 11.9. The first kappa shape index (κ1) is 60.7. The lowest BCUT2D eigenvalue weighted by atomic mass is 9.93. The topological polar surface area (TPSA) is 164 Å². The Balaban J connectivity index is 0.000000863. The van der Waals surface area contributed by atoms with Gasteiger partial charge in [-0.3, -0.25) is 19.2 Å². The van der Waals surface area contributed by atoms with Crippen molar-refractivity contribution in [1.82, 2.24) is 0 Å². The third-order valence-electron chi connectivity index (χ3n) is 10.7. The number of carbonyl (C=O) groups is 4. The number of hydrogen-bond acceptors (Lipinski definition) is 12. The summed E-state index contributed by atoms with van der Waals surface area (Å²) in [5.41, 5.74) is 3.26. The first-order valence-corrected chi connectivity index (χ1v) is 21.3. The highest BCUT2D eigenvalue weighted by molar-refractivity contribution is 5.71. The van der Waals surface area contributed by atoms with Gasteiger partial charge in [-0.15, -0.1) is 0 Å². The number of rotatable bonds is 18. The van der Waals surface area contributed by atoms with Crippen LogP contribution in [-0.4, -0.2) is 76.7 Å². The molecule has 0 radical (unpaired) electrons. The fourth-order valence-electron chi connectivity index (χ4n) is 6.56. The Morgan fingerprint density at radius 3 is 0.836 bits per heavy atom. The molecule has 0 aliphatic heterocycles. The molecule has 0 saturated heterocycles. The van der Waals surface area contributed by atoms with Crippen LogP contribution < -0.4 is 9.47 Å². The van der Waals surface area contributed by atoms with E-state index in [1.54, 1.807) is 36.4 Å². The quantitative estimate of drug-likeness (QED) is 0.0552. The van der Waals surface area contributed by atoms with Crippen molar-refractivity contribution in [1.29, 1.82) is 0 Å². The van der Waals surface area contributed by atoms with Gasteiger partial charge in [0.1, 0.15) is 0 Å². The number of ether oxygens (including phenoxy) is 6. The molecule has 16 heteroatoms. The third kappa shape index (κ3) is 20.8. The van der Waals surface area contributed by atoms with E-state index in [1.807, 2.05) is 27.7 Å². The summed E-state index contributed by atoms with van der Waals surface area (Å²) in [6.45, 7) is 7.80. The molecule has 0 amide bonds. The van der Waals surface area contributed by atoms with Crippen LogP contribution in [0.25, 0.3) is 0 Å². The molecule has 0 saturated carbocycles. The van der Waals surface area contributed by atoms with Crippen molar-refractivity contribution >= 4 is 23.9 Å². The highest BCUT2D eigenvalue weighted by Crippen LogP contribution is 2.31. The van der Waals surface area contributed by atoms with Gasteiger partial charge in [-0.25, -0.2) is 17.6 Å². The fraction of sp³-hybridized carbons (Fsp3) is 0.451. The minimum absolute atomic E-state index is 0. The van der Waals surface area contributed by atoms with E-state index in [0.717, 1.165) is 47.9 Å². The van der Waals surface area contributed by atoms with E-state index in [-0.39, 0.29) is 90.8 Å². The molecule has 0 aromatic heterocycles. The van der Waals surface area contributed by atoms with Crippen molar-refractivity contribution in [3.63, 3.8) is 0 Å². The molecular weight excluding hydrogens is 881 g/mol. The van der Waals surface area contributed by atoms with Crippen LogP contribution in [0.3, 0.4) is 0 Å². The molecule has 4 atom stereocenters. The summed E-state index contributed by atoms with van der Waals surface area (Å²) in [6.07, 6.45) is 4.06. The SMILES string of the molecule is C.CC[C@@H](CC(=O)OC)c1ccc(F)c(O)c1.CC[C@@H](CC(=O)OC)c1ccc(F)c(OC)c1.CC[C@H](CC(=O)OC)c1ccc(F)c(O)c1.CC[C@H](CC(=O)OC)c1ccc(F)c(OC)c1. The summed E-state index contributed by atoms with van der Waals surface area (Å²) in [5.74, 6) is -3.70. The first-order valence-electron chi connectivity index (χ1n) is 21.3. The Hall–Kier alpha value is -6.32. The van der Waals surface area contributed by atoms with Gasteiger partial charge >= 0.3 is 23.9 Å². The minimum Gasteiger partial charge on any atom is -0.505 e. The molecule has 0 fully saturated rings. The first-order chi connectivity index (χ1) is 31.4. The predicted molar refractivity (Wildman–Crippen MR) is 247 cm³/mol. The second-order valence-electron chi connectivity index (χ2n) is 14.8. The van der Waals surface area contributed by atoms with Crippen LogP contribution in [0.2, 0.25) is 0 Å². The maximum Gasteiger partial charge on any atom is 0.306 e. The van der Waals surface area contributed by atoms with Crippen LogP contribution in [0.1, 0.15) is 132 Å². The minimum atomic E-state index is -0.656. The van der Waals surface area contributed by atoms with Crippen molar-refractivity contribution in [3.8, 4) is 23.0 Å². The average molecular weight is 949 g/mol. The van der Waals surface area contributed by atoms with Crippen molar-refractivity contribution in [2.75, 3.05) is 42.7 Å². The Kier molecular flexibility index (Phi) is 29.3. The van der Waals surface area contributed by atoms with Gasteiger partial charge in [0.15, 0.2) is 46.3 Å². The van der Waals surface area contributed by atoms with E-state index < -0.39 is 23.3 Å². The second-order valence-corrected chi connectivity index (χ2v) is 14.8. The molecule has 0 bridgehead atoms. The summed E-state index contributed by atoms with van der Waals surface area (Å²) >= 11 is 0. The van der Waals surface area contributed by atoms with Gasteiger partial charge in [-0.1, -0.05) is 59.4 Å². The molecule has 0 spiro atoms. The Bertz CT molecular complexity index is 1980. The lowest BCUT2D eigenvalue weighted by Crippen LogP contribution is -2.08. The molecule has 67 heavy (non-hydrogen) atoms. The van der Waals surface area contributed by atoms with E-state index in [1.165, 1.54) is 79.1 Å². The molecule has 372 valence electrons. The van der Waals surface area contributed by atoms with Gasteiger partial charge < -0.3 is 38.6 Å². The monoisotopic (exact) mass is 948 g/mol. The van der Waals surface area contributed by atoms with E-state index in [4.69, 9.17) is 9.47 Å². The Labute approximate surface area is 392 Å². The zero-order valence-corrected chi connectivity index (χ0v) is 39.4. The summed E-state index contributed by atoms with van der Waals surface area (Å²) < 4.78 is 80.5. The number of phenols is 2. The van der Waals surface area contributed by atoms with Crippen LogP contribution in [0.5, 0.6) is 23.0 Å². The van der Waals surface area contributed by atoms with E-state index in [9.17, 15) is 47.0 Å². The fourth-order valence-corrected chi connectivity index (χ4v) is 6.56. The van der Waals surface area contributed by atoms with E-state index >= 15 is 0 Å². The highest BCUT2D eigenvalue weighted by atomic mass is 19.1. The number of halogens is 4. The van der Waals surface area contributed by atoms with Gasteiger partial charge in [-0.05, 0) is 120 Å². The van der Waals surface area contributed by atoms with Gasteiger partial charge in [-0.2, -0.15) is 0 Å². The van der Waals surface area contributed by atoms with Gasteiger partial charge in [0.05, 0.1) is 68.3 Å². The standard InChI is InChI=1S/2C13H17FO3.2C12H15FO3.CH4/c2*1-4-9(8-13(15)17-3)10-5-6-11(14)12(7-10)16-2;2*1-3-8(7-12(15)16-2)9-4-5-10(13)11(14)6-9;/h2*5-7,9H,4,8H2,1-3H3;2*4-6,8,14H,3,7H2,1-2H3;1H4/t2*9-;2*8-;/m1010./s1. The van der Waals surface area contributed by atoms with Gasteiger partial charge in [0, 0.05) is 0 Å². The molecule has 2 N–H and O–H groups in total. The van der Waals surface area contributed by atoms with Crippen LogP contribution in [0.4, 0.5) is 17.6 Å². The van der Waals surface area contributed by atoms with Crippen molar-refractivity contribution in [3.05, 3.63) is 118 Å². The molecule has 0 unspecified atom stereocenters. The second kappa shape index (κ2) is 32.4. The van der Waals surface area contributed by atoms with Crippen molar-refractivity contribution in [2.45, 2.75) is 110 Å². The molecule has 0 aliphatic carbocycles. The van der Waals surface area contributed by atoms with Crippen LogP contribution in [0, 0.1) is 23.3 Å². The number of methoxy groups -OCH3 is 6.